The summed E-state index contributed by atoms with van der Waals surface area (Å²) in [7, 11) is 3.06. The van der Waals surface area contributed by atoms with E-state index in [0.29, 0.717) is 37.7 Å². The van der Waals surface area contributed by atoms with Crippen LogP contribution in [-0.4, -0.2) is 36.5 Å². The van der Waals surface area contributed by atoms with Gasteiger partial charge in [-0.1, -0.05) is 29.5 Å². The summed E-state index contributed by atoms with van der Waals surface area (Å²) < 4.78 is 18.0. The number of hydrogen-bond donors (Lipinski definition) is 1. The highest BCUT2D eigenvalue weighted by atomic mass is 32.1. The van der Waals surface area contributed by atoms with Crippen LogP contribution in [0.15, 0.2) is 63.5 Å². The van der Waals surface area contributed by atoms with Gasteiger partial charge in [0.1, 0.15) is 5.75 Å². The summed E-state index contributed by atoms with van der Waals surface area (Å²) in [4.78, 5) is 31.6. The van der Waals surface area contributed by atoms with Crippen LogP contribution in [0, 0.1) is 0 Å². The summed E-state index contributed by atoms with van der Waals surface area (Å²) in [6.07, 6.45) is 1.69. The Morgan fingerprint density at radius 1 is 1.18 bits per heavy atom. The summed E-state index contributed by atoms with van der Waals surface area (Å²) in [6.45, 7) is 3.65. The van der Waals surface area contributed by atoms with Gasteiger partial charge in [0, 0.05) is 0 Å². The molecule has 2 heterocycles. The van der Waals surface area contributed by atoms with Gasteiger partial charge in [0.2, 0.25) is 0 Å². The number of carbonyl (C=O) groups excluding carboxylic acids is 1. The largest absolute Gasteiger partial charge is 0.508 e. The Morgan fingerprint density at radius 2 is 1.94 bits per heavy atom. The number of aromatic nitrogens is 1. The van der Waals surface area contributed by atoms with E-state index in [1.807, 2.05) is 0 Å². The molecule has 0 saturated carbocycles. The lowest BCUT2D eigenvalue weighted by molar-refractivity contribution is -0.139. The molecule has 1 aliphatic heterocycles. The van der Waals surface area contributed by atoms with Crippen molar-refractivity contribution in [2.45, 2.75) is 19.9 Å². The van der Waals surface area contributed by atoms with Crippen molar-refractivity contribution in [3.05, 3.63) is 84.5 Å². The molecule has 4 rings (SSSR count). The fourth-order valence-electron chi connectivity index (χ4n) is 3.90. The van der Waals surface area contributed by atoms with Crippen LogP contribution >= 0.6 is 11.3 Å². The number of aromatic hydroxyl groups is 1. The Balaban J connectivity index is 1.97. The third kappa shape index (κ3) is 4.22. The van der Waals surface area contributed by atoms with Gasteiger partial charge in [-0.15, -0.1) is 0 Å². The molecule has 1 atom stereocenters. The Hall–Kier alpha value is -3.85. The first kappa shape index (κ1) is 23.3. The zero-order valence-electron chi connectivity index (χ0n) is 19.2. The first-order chi connectivity index (χ1) is 16.4. The molecule has 0 amide bonds. The lowest BCUT2D eigenvalue weighted by atomic mass is 9.95. The van der Waals surface area contributed by atoms with E-state index in [2.05, 4.69) is 4.99 Å². The van der Waals surface area contributed by atoms with Crippen molar-refractivity contribution < 1.29 is 24.1 Å². The Kier molecular flexibility index (Phi) is 6.56. The predicted octanol–water partition coefficient (Wildman–Crippen LogP) is 2.52. The number of phenols is 1. The van der Waals surface area contributed by atoms with E-state index in [9.17, 15) is 14.7 Å². The highest BCUT2D eigenvalue weighted by molar-refractivity contribution is 7.07. The minimum absolute atomic E-state index is 0.102. The maximum atomic E-state index is 13.6. The summed E-state index contributed by atoms with van der Waals surface area (Å²) in [6, 6.07) is 11.1. The third-order valence-electron chi connectivity index (χ3n) is 5.41. The van der Waals surface area contributed by atoms with Crippen LogP contribution in [0.25, 0.3) is 6.08 Å². The molecule has 1 N–H and O–H groups in total. The second-order valence-electron chi connectivity index (χ2n) is 7.51. The zero-order chi connectivity index (χ0) is 24.4. The molecule has 0 unspecified atom stereocenters. The lowest BCUT2D eigenvalue weighted by Gasteiger charge is -2.25. The first-order valence-corrected chi connectivity index (χ1v) is 11.4. The fourth-order valence-corrected chi connectivity index (χ4v) is 4.94. The van der Waals surface area contributed by atoms with Crippen molar-refractivity contribution in [2.75, 3.05) is 20.8 Å². The third-order valence-corrected chi connectivity index (χ3v) is 6.39. The molecule has 0 radical (unpaired) electrons. The highest BCUT2D eigenvalue weighted by Gasteiger charge is 2.33. The second kappa shape index (κ2) is 9.56. The van der Waals surface area contributed by atoms with E-state index in [1.165, 1.54) is 30.1 Å². The molecule has 0 saturated heterocycles. The molecule has 3 aromatic rings. The molecule has 8 nitrogen and oxygen atoms in total. The number of esters is 1. The van der Waals surface area contributed by atoms with E-state index in [0.717, 1.165) is 0 Å². The molecule has 1 aliphatic rings. The second-order valence-corrected chi connectivity index (χ2v) is 8.52. The van der Waals surface area contributed by atoms with Crippen LogP contribution in [0.2, 0.25) is 0 Å². The molecule has 1 aromatic heterocycles. The average Bonchev–Trinajstić information content (AvgIpc) is 3.12. The molecule has 2 aromatic carbocycles. The molecule has 0 aliphatic carbocycles. The van der Waals surface area contributed by atoms with Crippen LogP contribution in [0.5, 0.6) is 17.2 Å². The van der Waals surface area contributed by atoms with Gasteiger partial charge in [-0.25, -0.2) is 9.79 Å². The van der Waals surface area contributed by atoms with Crippen LogP contribution in [-0.2, 0) is 9.53 Å². The van der Waals surface area contributed by atoms with Crippen molar-refractivity contribution in [3.8, 4) is 17.2 Å². The van der Waals surface area contributed by atoms with E-state index in [1.54, 1.807) is 62.4 Å². The molecule has 176 valence electrons. The number of thiazole rings is 1. The number of benzene rings is 2. The van der Waals surface area contributed by atoms with E-state index in [4.69, 9.17) is 14.2 Å². The number of carbonyl (C=O) groups is 1. The van der Waals surface area contributed by atoms with Gasteiger partial charge < -0.3 is 19.3 Å². The summed E-state index contributed by atoms with van der Waals surface area (Å²) in [5.74, 6) is 0.566. The normalized spacial score (nSPS) is 15.5. The minimum Gasteiger partial charge on any atom is -0.508 e. The number of ether oxygens (including phenoxy) is 3. The van der Waals surface area contributed by atoms with Crippen LogP contribution in [0.3, 0.4) is 0 Å². The standard InChI is InChI=1S/C25H24N2O6S/c1-5-33-24(30)21-14(2)26-25-27(22(21)16-9-10-18(31-3)19(13-16)32-4)23(29)20(34-25)12-15-7-6-8-17(28)11-15/h6-13,22,28H,5H2,1-4H3/b20-12+/t22-/m0/s1. The van der Waals surface area contributed by atoms with Gasteiger partial charge in [-0.05, 0) is 55.3 Å². The molecule has 9 heteroatoms. The van der Waals surface area contributed by atoms with Crippen LogP contribution in [0.4, 0.5) is 0 Å². The van der Waals surface area contributed by atoms with E-state index >= 15 is 0 Å². The van der Waals surface area contributed by atoms with Crippen LogP contribution in [0.1, 0.15) is 31.0 Å². The van der Waals surface area contributed by atoms with Gasteiger partial charge in [0.15, 0.2) is 16.3 Å². The quantitative estimate of drug-likeness (QED) is 0.545. The number of hydrogen-bond acceptors (Lipinski definition) is 8. The predicted molar refractivity (Wildman–Crippen MR) is 128 cm³/mol. The van der Waals surface area contributed by atoms with Crippen LogP contribution < -0.4 is 24.4 Å². The number of rotatable bonds is 6. The molecule has 0 bridgehead atoms. The average molecular weight is 481 g/mol. The highest BCUT2D eigenvalue weighted by Crippen LogP contribution is 2.36. The molecule has 0 fully saturated rings. The van der Waals surface area contributed by atoms with Crippen molar-refractivity contribution in [3.63, 3.8) is 0 Å². The summed E-state index contributed by atoms with van der Waals surface area (Å²) in [5.41, 5.74) is 1.78. The van der Waals surface area contributed by atoms with Gasteiger partial charge in [0.25, 0.3) is 5.56 Å². The van der Waals surface area contributed by atoms with Gasteiger partial charge >= 0.3 is 5.97 Å². The Labute approximate surface area is 199 Å². The van der Waals surface area contributed by atoms with Crippen molar-refractivity contribution >= 4 is 23.4 Å². The number of nitrogens with zero attached hydrogens (tertiary/aromatic N) is 2. The number of fused-ring (bicyclic) bond motifs is 1. The van der Waals surface area contributed by atoms with Gasteiger partial charge in [0.05, 0.1) is 42.7 Å². The maximum Gasteiger partial charge on any atom is 0.338 e. The Morgan fingerprint density at radius 3 is 2.62 bits per heavy atom. The molecule has 0 spiro atoms. The SMILES string of the molecule is CCOC(=O)C1=C(C)N=c2s/c(=C/c3cccc(O)c3)c(=O)n2[C@H]1c1ccc(OC)c(OC)c1. The number of phenolic OH excluding ortho intramolecular Hbond substituents is 1. The van der Waals surface area contributed by atoms with E-state index in [-0.39, 0.29) is 23.5 Å². The van der Waals surface area contributed by atoms with Crippen molar-refractivity contribution in [1.29, 1.82) is 0 Å². The molecular formula is C25H24N2O6S. The van der Waals surface area contributed by atoms with Gasteiger partial charge in [-0.3, -0.25) is 9.36 Å². The van der Waals surface area contributed by atoms with Crippen molar-refractivity contribution in [1.82, 2.24) is 4.57 Å². The molecular weight excluding hydrogens is 456 g/mol. The smallest absolute Gasteiger partial charge is 0.338 e. The lowest BCUT2D eigenvalue weighted by Crippen LogP contribution is -2.39. The maximum absolute atomic E-state index is 13.6. The molecule has 34 heavy (non-hydrogen) atoms. The Bertz CT molecular complexity index is 1470. The summed E-state index contributed by atoms with van der Waals surface area (Å²) >= 11 is 1.21. The minimum atomic E-state index is -0.763. The van der Waals surface area contributed by atoms with Crippen molar-refractivity contribution in [2.24, 2.45) is 4.99 Å². The number of methoxy groups -OCH3 is 2. The van der Waals surface area contributed by atoms with E-state index < -0.39 is 12.0 Å². The number of allylic oxidation sites excluding steroid dienone is 1. The van der Waals surface area contributed by atoms with Gasteiger partial charge in [-0.2, -0.15) is 0 Å². The fraction of sp³-hybridized carbons (Fsp3) is 0.240. The summed E-state index contributed by atoms with van der Waals surface area (Å²) in [5, 5.41) is 9.79. The first-order valence-electron chi connectivity index (χ1n) is 10.6. The zero-order valence-corrected chi connectivity index (χ0v) is 20.0. The monoisotopic (exact) mass is 480 g/mol. The topological polar surface area (TPSA) is 99.4 Å².